The first-order chi connectivity index (χ1) is 25.9. The van der Waals surface area contributed by atoms with Crippen LogP contribution in [0.5, 0.6) is 11.5 Å². The Bertz CT molecular complexity index is 1440. The van der Waals surface area contributed by atoms with Gasteiger partial charge in [-0.25, -0.2) is 0 Å². The first-order valence-electron chi connectivity index (χ1n) is 21.0. The average Bonchev–Trinajstić information content (AvgIpc) is 3.12. The van der Waals surface area contributed by atoms with E-state index in [4.69, 9.17) is 15.2 Å². The minimum absolute atomic E-state index is 0.0638. The van der Waals surface area contributed by atoms with E-state index in [1.54, 1.807) is 0 Å². The zero-order chi connectivity index (χ0) is 40.9. The highest BCUT2D eigenvalue weighted by Gasteiger charge is 2.36. The summed E-state index contributed by atoms with van der Waals surface area (Å²) in [5.74, 6) is 0.461. The second kappa shape index (κ2) is 22.2. The fraction of sp³-hybridized carbons (Fsp3) is 0.773. The van der Waals surface area contributed by atoms with Crippen molar-refractivity contribution in [1.29, 1.82) is 0 Å². The van der Waals surface area contributed by atoms with Crippen molar-refractivity contribution in [1.82, 2.24) is 5.32 Å². The van der Waals surface area contributed by atoms with Gasteiger partial charge in [-0.2, -0.15) is 0 Å². The Balaban J connectivity index is 1.59. The number of fused-ring (bicyclic) bond motifs is 1. The summed E-state index contributed by atoms with van der Waals surface area (Å²) in [6, 6.07) is -1.20. The van der Waals surface area contributed by atoms with Crippen molar-refractivity contribution in [3.05, 3.63) is 22.3 Å². The first kappa shape index (κ1) is 46.6. The van der Waals surface area contributed by atoms with E-state index in [1.807, 2.05) is 20.8 Å². The van der Waals surface area contributed by atoms with Crippen molar-refractivity contribution in [2.75, 3.05) is 12.3 Å². The molecule has 1 aromatic carbocycles. The van der Waals surface area contributed by atoms with Crippen LogP contribution in [0.2, 0.25) is 0 Å². The van der Waals surface area contributed by atoms with Gasteiger partial charge in [0, 0.05) is 24.3 Å². The molecule has 1 aliphatic carbocycles. The van der Waals surface area contributed by atoms with E-state index in [1.165, 1.54) is 44.9 Å². The topological polar surface area (TPSA) is 165 Å². The molecule has 1 saturated carbocycles. The van der Waals surface area contributed by atoms with Gasteiger partial charge in [-0.15, -0.1) is 11.8 Å². The number of esters is 1. The predicted octanol–water partition coefficient (Wildman–Crippen LogP) is 8.95. The van der Waals surface area contributed by atoms with Crippen molar-refractivity contribution in [3.63, 3.8) is 0 Å². The maximum atomic E-state index is 13.8. The molecule has 3 rings (SSSR count). The van der Waals surface area contributed by atoms with Gasteiger partial charge in [0.2, 0.25) is 5.91 Å². The third-order valence-corrected chi connectivity index (χ3v) is 13.6. The number of benzene rings is 1. The highest BCUT2D eigenvalue weighted by Crippen LogP contribution is 2.45. The summed E-state index contributed by atoms with van der Waals surface area (Å²) >= 11 is 1.01. The molecular formula is C44H72N2O8S. The number of aliphatic carboxylic acids is 2. The Hall–Kier alpha value is -2.79. The summed E-state index contributed by atoms with van der Waals surface area (Å²) in [5.41, 5.74) is 9.10. The van der Waals surface area contributed by atoms with Crippen molar-refractivity contribution in [3.8, 4) is 11.5 Å². The van der Waals surface area contributed by atoms with E-state index in [2.05, 4.69) is 39.9 Å². The lowest BCUT2D eigenvalue weighted by atomic mass is 9.82. The fourth-order valence-corrected chi connectivity index (χ4v) is 9.23. The van der Waals surface area contributed by atoms with Crippen LogP contribution in [0.3, 0.4) is 0 Å². The smallest absolute Gasteiger partial charge is 0.324 e. The summed E-state index contributed by atoms with van der Waals surface area (Å²) in [4.78, 5) is 49.6. The van der Waals surface area contributed by atoms with Gasteiger partial charge in [0.15, 0.2) is 0 Å². The second-order valence-electron chi connectivity index (χ2n) is 17.7. The molecular weight excluding hydrogens is 717 g/mol. The van der Waals surface area contributed by atoms with Crippen LogP contribution in [0.1, 0.15) is 153 Å². The molecule has 5 unspecified atom stereocenters. The molecule has 10 nitrogen and oxygen atoms in total. The number of carbonyl (C=O) groups excluding carboxylic acids is 2. The van der Waals surface area contributed by atoms with Gasteiger partial charge in [0.25, 0.3) is 0 Å². The van der Waals surface area contributed by atoms with Crippen LogP contribution in [0.15, 0.2) is 0 Å². The first-order valence-corrected chi connectivity index (χ1v) is 22.1. The third-order valence-electron chi connectivity index (χ3n) is 12.3. The number of rotatable bonds is 23. The number of nitrogens with one attached hydrogen (secondary N) is 1. The zero-order valence-electron chi connectivity index (χ0n) is 35.1. The highest BCUT2D eigenvalue weighted by atomic mass is 32.2. The van der Waals surface area contributed by atoms with E-state index in [0.717, 1.165) is 77.3 Å². The Morgan fingerprint density at radius 1 is 0.891 bits per heavy atom. The summed E-state index contributed by atoms with van der Waals surface area (Å²) in [7, 11) is 0. The Labute approximate surface area is 335 Å². The van der Waals surface area contributed by atoms with Gasteiger partial charge >= 0.3 is 17.9 Å². The molecule has 5 atom stereocenters. The Morgan fingerprint density at radius 2 is 1.49 bits per heavy atom. The number of ether oxygens (including phenoxy) is 2. The van der Waals surface area contributed by atoms with E-state index < -0.39 is 29.2 Å². The van der Waals surface area contributed by atoms with E-state index in [0.29, 0.717) is 43.9 Å². The Morgan fingerprint density at radius 3 is 2.07 bits per heavy atom. The molecule has 0 spiro atoms. The van der Waals surface area contributed by atoms with Crippen LogP contribution in [-0.2, 0) is 25.6 Å². The number of thioether (sulfide) groups is 1. The number of carboxylic acids is 2. The maximum absolute atomic E-state index is 13.8. The molecule has 312 valence electrons. The molecule has 55 heavy (non-hydrogen) atoms. The minimum Gasteiger partial charge on any atom is -0.487 e. The van der Waals surface area contributed by atoms with Crippen LogP contribution >= 0.6 is 11.8 Å². The number of nitrogens with two attached hydrogens (primary N) is 1. The number of carboxylic acid groups (broad SMARTS) is 2. The van der Waals surface area contributed by atoms with Gasteiger partial charge < -0.3 is 30.7 Å². The van der Waals surface area contributed by atoms with Crippen LogP contribution in [0, 0.1) is 50.4 Å². The van der Waals surface area contributed by atoms with Crippen molar-refractivity contribution < 1.29 is 38.9 Å². The van der Waals surface area contributed by atoms with Crippen LogP contribution < -0.4 is 20.5 Å². The van der Waals surface area contributed by atoms with Crippen LogP contribution in [0.25, 0.3) is 0 Å². The largest absolute Gasteiger partial charge is 0.487 e. The number of carbonyl (C=O) groups is 4. The lowest BCUT2D eigenvalue weighted by molar-refractivity contribution is -0.143. The molecule has 2 aliphatic rings. The van der Waals surface area contributed by atoms with Gasteiger partial charge in [0.05, 0.1) is 5.92 Å². The third kappa shape index (κ3) is 14.9. The van der Waals surface area contributed by atoms with Crippen molar-refractivity contribution >= 4 is 35.6 Å². The molecule has 1 heterocycles. The molecule has 0 bridgehead atoms. The average molecular weight is 789 g/mol. The van der Waals surface area contributed by atoms with Gasteiger partial charge in [-0.05, 0) is 119 Å². The molecule has 0 aromatic heterocycles. The number of amides is 1. The molecule has 1 amide bonds. The molecule has 11 heteroatoms. The zero-order valence-corrected chi connectivity index (χ0v) is 35.9. The quantitative estimate of drug-likeness (QED) is 0.0621. The lowest BCUT2D eigenvalue weighted by Crippen LogP contribution is -2.38. The molecule has 1 fully saturated rings. The van der Waals surface area contributed by atoms with Crippen molar-refractivity contribution in [2.45, 2.75) is 175 Å². The standard InChI is InChI=1S/C44H72N2O8S/c1-27(2)12-9-13-28(3)14-10-15-29(4)16-11-22-44(8)23-21-35-32(7)39(30(5)31(6)40(35)54-44)53-43(52)37(55-26-36(45)42(50)51)24-38(47)46-25-33-17-19-34(20-18-33)41(48)49/h27-29,33-34,36-37H,9-26,45H2,1-8H3,(H,46,47)(H,48,49)(H,50,51). The summed E-state index contributed by atoms with van der Waals surface area (Å²) in [5, 5.41) is 20.6. The van der Waals surface area contributed by atoms with E-state index >= 15 is 0 Å². The second-order valence-corrected chi connectivity index (χ2v) is 18.9. The molecule has 1 aliphatic heterocycles. The predicted molar refractivity (Wildman–Crippen MR) is 221 cm³/mol. The van der Waals surface area contributed by atoms with Crippen LogP contribution in [-0.4, -0.2) is 63.2 Å². The van der Waals surface area contributed by atoms with Gasteiger partial charge in [-0.3, -0.25) is 19.2 Å². The monoisotopic (exact) mass is 789 g/mol. The summed E-state index contributed by atoms with van der Waals surface area (Å²) in [6.45, 7) is 17.9. The van der Waals surface area contributed by atoms with Crippen molar-refractivity contribution in [2.24, 2.45) is 35.3 Å². The molecule has 0 radical (unpaired) electrons. The maximum Gasteiger partial charge on any atom is 0.324 e. The summed E-state index contributed by atoms with van der Waals surface area (Å²) in [6.07, 6.45) is 15.3. The normalized spacial score (nSPS) is 21.9. The lowest BCUT2D eigenvalue weighted by Gasteiger charge is -2.38. The highest BCUT2D eigenvalue weighted by molar-refractivity contribution is 8.00. The Kier molecular flexibility index (Phi) is 18.8. The molecule has 5 N–H and O–H groups in total. The van der Waals surface area contributed by atoms with Crippen LogP contribution in [0.4, 0.5) is 0 Å². The van der Waals surface area contributed by atoms with E-state index in [-0.39, 0.29) is 35.5 Å². The van der Waals surface area contributed by atoms with Gasteiger partial charge in [-0.1, -0.05) is 72.6 Å². The number of hydrogen-bond acceptors (Lipinski definition) is 8. The number of hydrogen-bond donors (Lipinski definition) is 4. The molecule has 1 aromatic rings. The van der Waals surface area contributed by atoms with E-state index in [9.17, 15) is 29.4 Å². The SMILES string of the molecule is Cc1c(C)c2c(c(C)c1OC(=O)C(CC(=O)NCC1CCC(C(=O)O)CC1)SCC(N)C(=O)O)CCC(C)(CCCC(C)CCCC(C)CCCC(C)C)O2. The minimum atomic E-state index is -1.20. The molecule has 0 saturated heterocycles. The van der Waals surface area contributed by atoms with Gasteiger partial charge in [0.1, 0.15) is 28.4 Å². The summed E-state index contributed by atoms with van der Waals surface area (Å²) < 4.78 is 12.9. The fourth-order valence-electron chi connectivity index (χ4n) is 8.19.